The van der Waals surface area contributed by atoms with Crippen LogP contribution in [0.3, 0.4) is 0 Å². The normalized spacial score (nSPS) is 46.0. The first kappa shape index (κ1) is 9.04. The molecule has 0 aromatic heterocycles. The SMILES string of the molecule is Cl.N[C@H]1[C@@H](CO)[C@@H]2C=C[C@H]1C2. The molecule has 0 spiro atoms. The third kappa shape index (κ3) is 1.19. The van der Waals surface area contributed by atoms with E-state index in [1.165, 1.54) is 6.42 Å². The van der Waals surface area contributed by atoms with Gasteiger partial charge in [-0.15, -0.1) is 12.4 Å². The molecule has 0 aromatic rings. The Balaban J connectivity index is 0.000000605. The molecule has 0 aromatic carbocycles. The van der Waals surface area contributed by atoms with Crippen molar-refractivity contribution in [2.75, 3.05) is 6.61 Å². The largest absolute Gasteiger partial charge is 0.396 e. The van der Waals surface area contributed by atoms with Gasteiger partial charge in [0.25, 0.3) is 0 Å². The molecule has 11 heavy (non-hydrogen) atoms. The third-order valence-corrected chi connectivity index (χ3v) is 2.90. The van der Waals surface area contributed by atoms with Gasteiger partial charge in [0.05, 0.1) is 0 Å². The minimum atomic E-state index is 0. The molecule has 0 amide bonds. The second-order valence-electron chi connectivity index (χ2n) is 3.37. The first-order chi connectivity index (χ1) is 4.83. The maximum Gasteiger partial charge on any atom is 0.0479 e. The number of aliphatic hydroxyl groups excluding tert-OH is 1. The van der Waals surface area contributed by atoms with Gasteiger partial charge in [0, 0.05) is 18.6 Å². The Morgan fingerprint density at radius 1 is 1.36 bits per heavy atom. The van der Waals surface area contributed by atoms with Crippen LogP contribution in [0.1, 0.15) is 6.42 Å². The molecule has 4 atom stereocenters. The Labute approximate surface area is 72.9 Å². The summed E-state index contributed by atoms with van der Waals surface area (Å²) in [5.41, 5.74) is 5.86. The summed E-state index contributed by atoms with van der Waals surface area (Å²) in [6.45, 7) is 0.257. The van der Waals surface area contributed by atoms with E-state index in [2.05, 4.69) is 12.2 Å². The van der Waals surface area contributed by atoms with Crippen LogP contribution in [-0.2, 0) is 0 Å². The first-order valence-electron chi connectivity index (χ1n) is 3.87. The number of hydrogen-bond acceptors (Lipinski definition) is 2. The Bertz CT molecular complexity index is 171. The van der Waals surface area contributed by atoms with Crippen molar-refractivity contribution in [1.29, 1.82) is 0 Å². The van der Waals surface area contributed by atoms with Crippen LogP contribution in [0.4, 0.5) is 0 Å². The van der Waals surface area contributed by atoms with Gasteiger partial charge in [0.1, 0.15) is 0 Å². The van der Waals surface area contributed by atoms with Gasteiger partial charge in [-0.25, -0.2) is 0 Å². The maximum atomic E-state index is 8.94. The summed E-state index contributed by atoms with van der Waals surface area (Å²) >= 11 is 0. The third-order valence-electron chi connectivity index (χ3n) is 2.90. The molecule has 2 aliphatic carbocycles. The zero-order valence-electron chi connectivity index (χ0n) is 6.31. The Hall–Kier alpha value is -0.0500. The van der Waals surface area contributed by atoms with E-state index in [1.807, 2.05) is 0 Å². The van der Waals surface area contributed by atoms with Gasteiger partial charge in [0.2, 0.25) is 0 Å². The molecule has 0 heterocycles. The number of halogens is 1. The summed E-state index contributed by atoms with van der Waals surface area (Å²) < 4.78 is 0. The summed E-state index contributed by atoms with van der Waals surface area (Å²) in [5.74, 6) is 1.47. The van der Waals surface area contributed by atoms with Crippen LogP contribution in [-0.4, -0.2) is 17.8 Å². The smallest absolute Gasteiger partial charge is 0.0479 e. The van der Waals surface area contributed by atoms with Gasteiger partial charge in [-0.05, 0) is 18.3 Å². The summed E-state index contributed by atoms with van der Waals surface area (Å²) in [5, 5.41) is 8.94. The summed E-state index contributed by atoms with van der Waals surface area (Å²) in [6, 6.07) is 0.222. The first-order valence-corrected chi connectivity index (χ1v) is 3.87. The quantitative estimate of drug-likeness (QED) is 0.572. The summed E-state index contributed by atoms with van der Waals surface area (Å²) in [4.78, 5) is 0. The van der Waals surface area contributed by atoms with Gasteiger partial charge in [-0.2, -0.15) is 0 Å². The predicted molar refractivity (Wildman–Crippen MR) is 46.5 cm³/mol. The standard InChI is InChI=1S/C8H13NO.ClH/c9-8-6-2-1-5(3-6)7(8)4-10;/h1-2,5-8,10H,3-4,9H2;1H/t5-,6+,7+,8-;/m1./s1. The van der Waals surface area contributed by atoms with Crippen molar-refractivity contribution in [3.8, 4) is 0 Å². The zero-order valence-corrected chi connectivity index (χ0v) is 7.13. The lowest BCUT2D eigenvalue weighted by Gasteiger charge is -2.21. The lowest BCUT2D eigenvalue weighted by Crippen LogP contribution is -2.35. The molecule has 2 rings (SSSR count). The van der Waals surface area contributed by atoms with E-state index >= 15 is 0 Å². The second kappa shape index (κ2) is 3.13. The Morgan fingerprint density at radius 3 is 2.36 bits per heavy atom. The van der Waals surface area contributed by atoms with Crippen LogP contribution in [0, 0.1) is 17.8 Å². The fraction of sp³-hybridized carbons (Fsp3) is 0.750. The van der Waals surface area contributed by atoms with Crippen molar-refractivity contribution in [1.82, 2.24) is 0 Å². The number of aliphatic hydroxyl groups is 1. The number of rotatable bonds is 1. The minimum Gasteiger partial charge on any atom is -0.396 e. The molecule has 64 valence electrons. The lowest BCUT2D eigenvalue weighted by atomic mass is 9.90. The highest BCUT2D eigenvalue weighted by atomic mass is 35.5. The molecule has 0 radical (unpaired) electrons. The molecular weight excluding hydrogens is 162 g/mol. The van der Waals surface area contributed by atoms with Crippen LogP contribution in [0.25, 0.3) is 0 Å². The fourth-order valence-electron chi connectivity index (χ4n) is 2.22. The van der Waals surface area contributed by atoms with Crippen molar-refractivity contribution in [2.24, 2.45) is 23.5 Å². The van der Waals surface area contributed by atoms with Crippen molar-refractivity contribution in [2.45, 2.75) is 12.5 Å². The van der Waals surface area contributed by atoms with Crippen molar-refractivity contribution in [3.63, 3.8) is 0 Å². The molecule has 2 aliphatic rings. The summed E-state index contributed by atoms with van der Waals surface area (Å²) in [7, 11) is 0. The minimum absolute atomic E-state index is 0. The lowest BCUT2D eigenvalue weighted by molar-refractivity contribution is 0.193. The number of nitrogens with two attached hydrogens (primary N) is 1. The maximum absolute atomic E-state index is 8.94. The Morgan fingerprint density at radius 2 is 2.00 bits per heavy atom. The van der Waals surface area contributed by atoms with Gasteiger partial charge < -0.3 is 10.8 Å². The van der Waals surface area contributed by atoms with Crippen LogP contribution < -0.4 is 5.73 Å². The highest BCUT2D eigenvalue weighted by Gasteiger charge is 2.41. The van der Waals surface area contributed by atoms with Crippen molar-refractivity contribution in [3.05, 3.63) is 12.2 Å². The molecule has 3 heteroatoms. The van der Waals surface area contributed by atoms with E-state index in [9.17, 15) is 0 Å². The monoisotopic (exact) mass is 175 g/mol. The number of allylic oxidation sites excluding steroid dienone is 1. The van der Waals surface area contributed by atoms with E-state index in [1.54, 1.807) is 0 Å². The van der Waals surface area contributed by atoms with Gasteiger partial charge >= 0.3 is 0 Å². The van der Waals surface area contributed by atoms with E-state index in [0.717, 1.165) is 0 Å². The average Bonchev–Trinajstić information content (AvgIpc) is 2.46. The van der Waals surface area contributed by atoms with Crippen LogP contribution >= 0.6 is 12.4 Å². The molecule has 1 fully saturated rings. The molecule has 3 N–H and O–H groups in total. The molecule has 2 nitrogen and oxygen atoms in total. The molecule has 1 saturated carbocycles. The topological polar surface area (TPSA) is 46.2 Å². The van der Waals surface area contributed by atoms with E-state index in [0.29, 0.717) is 17.8 Å². The molecule has 0 aliphatic heterocycles. The van der Waals surface area contributed by atoms with Crippen LogP contribution in [0.15, 0.2) is 12.2 Å². The summed E-state index contributed by atoms with van der Waals surface area (Å²) in [6.07, 6.45) is 5.57. The van der Waals surface area contributed by atoms with Crippen molar-refractivity contribution >= 4 is 12.4 Å². The predicted octanol–water partition coefficient (Wildman–Crippen LogP) is 0.550. The van der Waals surface area contributed by atoms with Gasteiger partial charge in [-0.1, -0.05) is 12.2 Å². The van der Waals surface area contributed by atoms with E-state index < -0.39 is 0 Å². The fourth-order valence-corrected chi connectivity index (χ4v) is 2.22. The van der Waals surface area contributed by atoms with E-state index in [4.69, 9.17) is 10.8 Å². The molecular formula is C8H14ClNO. The Kier molecular flexibility index (Phi) is 2.58. The second-order valence-corrected chi connectivity index (χ2v) is 3.37. The van der Waals surface area contributed by atoms with Gasteiger partial charge in [-0.3, -0.25) is 0 Å². The molecule has 0 unspecified atom stereocenters. The zero-order chi connectivity index (χ0) is 7.14. The van der Waals surface area contributed by atoms with Gasteiger partial charge in [0.15, 0.2) is 0 Å². The highest BCUT2D eigenvalue weighted by molar-refractivity contribution is 5.85. The average molecular weight is 176 g/mol. The van der Waals surface area contributed by atoms with Crippen molar-refractivity contribution < 1.29 is 5.11 Å². The van der Waals surface area contributed by atoms with E-state index in [-0.39, 0.29) is 25.1 Å². The number of fused-ring (bicyclic) bond motifs is 2. The van der Waals surface area contributed by atoms with Crippen LogP contribution in [0.2, 0.25) is 0 Å². The molecule has 0 saturated heterocycles. The van der Waals surface area contributed by atoms with Crippen LogP contribution in [0.5, 0.6) is 0 Å². The number of hydrogen-bond donors (Lipinski definition) is 2. The highest BCUT2D eigenvalue weighted by Crippen LogP contribution is 2.42. The molecule has 2 bridgehead atoms.